The molecule has 1 atom stereocenters. The molecule has 3 nitrogen and oxygen atoms in total. The third-order valence-electron chi connectivity index (χ3n) is 1.15. The van der Waals surface area contributed by atoms with E-state index in [1.54, 1.807) is 11.8 Å². The van der Waals surface area contributed by atoms with Gasteiger partial charge in [-0.05, 0) is 17.9 Å². The molecular formula is C6H15NO2S2. The fourth-order valence-electron chi connectivity index (χ4n) is 0.637. The van der Waals surface area contributed by atoms with E-state index < -0.39 is 10.0 Å². The van der Waals surface area contributed by atoms with Crippen LogP contribution >= 0.6 is 11.8 Å². The van der Waals surface area contributed by atoms with E-state index in [9.17, 15) is 8.42 Å². The van der Waals surface area contributed by atoms with Crippen molar-refractivity contribution in [2.24, 2.45) is 5.92 Å². The quantitative estimate of drug-likeness (QED) is 0.699. The molecule has 0 aliphatic rings. The van der Waals surface area contributed by atoms with Crippen LogP contribution in [0.3, 0.4) is 0 Å². The van der Waals surface area contributed by atoms with Gasteiger partial charge in [0.25, 0.3) is 0 Å². The van der Waals surface area contributed by atoms with E-state index in [-0.39, 0.29) is 0 Å². The van der Waals surface area contributed by atoms with Crippen LogP contribution in [0.25, 0.3) is 0 Å². The Kier molecular flexibility index (Phi) is 5.12. The number of hydrogen-bond donors (Lipinski definition) is 1. The normalized spacial score (nSPS) is 14.8. The summed E-state index contributed by atoms with van der Waals surface area (Å²) in [5, 5.41) is 0. The van der Waals surface area contributed by atoms with Crippen molar-refractivity contribution in [3.8, 4) is 0 Å². The molecule has 0 spiro atoms. The Balaban J connectivity index is 3.54. The summed E-state index contributed by atoms with van der Waals surface area (Å²) >= 11 is 1.73. The van der Waals surface area contributed by atoms with Crippen molar-refractivity contribution in [1.82, 2.24) is 4.72 Å². The van der Waals surface area contributed by atoms with Crippen LogP contribution in [0.1, 0.15) is 6.92 Å². The van der Waals surface area contributed by atoms with Crippen LogP contribution < -0.4 is 4.72 Å². The average Bonchev–Trinajstić information content (AvgIpc) is 1.83. The monoisotopic (exact) mass is 197 g/mol. The first-order valence-corrected chi connectivity index (χ1v) is 6.68. The zero-order valence-corrected chi connectivity index (χ0v) is 8.76. The Bertz CT molecular complexity index is 189. The molecule has 68 valence electrons. The van der Waals surface area contributed by atoms with Crippen LogP contribution in [-0.2, 0) is 10.0 Å². The van der Waals surface area contributed by atoms with Gasteiger partial charge in [0.1, 0.15) is 0 Å². The zero-order valence-electron chi connectivity index (χ0n) is 7.12. The van der Waals surface area contributed by atoms with Crippen LogP contribution in [0, 0.1) is 5.92 Å². The molecule has 0 amide bonds. The van der Waals surface area contributed by atoms with Crippen molar-refractivity contribution >= 4 is 21.8 Å². The van der Waals surface area contributed by atoms with Crippen LogP contribution in [-0.4, -0.2) is 33.2 Å². The zero-order chi connectivity index (χ0) is 8.91. The van der Waals surface area contributed by atoms with Crippen LogP contribution in [0.2, 0.25) is 0 Å². The van der Waals surface area contributed by atoms with Gasteiger partial charge in [-0.3, -0.25) is 0 Å². The number of hydrogen-bond acceptors (Lipinski definition) is 3. The molecule has 0 saturated carbocycles. The highest BCUT2D eigenvalue weighted by Crippen LogP contribution is 2.02. The van der Waals surface area contributed by atoms with Gasteiger partial charge in [-0.1, -0.05) is 6.92 Å². The molecule has 0 radical (unpaired) electrons. The molecule has 0 aromatic carbocycles. The van der Waals surface area contributed by atoms with Crippen molar-refractivity contribution in [2.45, 2.75) is 6.92 Å². The summed E-state index contributed by atoms with van der Waals surface area (Å²) in [6, 6.07) is 0. The van der Waals surface area contributed by atoms with E-state index in [2.05, 4.69) is 4.72 Å². The van der Waals surface area contributed by atoms with E-state index >= 15 is 0 Å². The third kappa shape index (κ3) is 8.16. The lowest BCUT2D eigenvalue weighted by molar-refractivity contribution is 0.568. The third-order valence-corrected chi connectivity index (χ3v) is 2.74. The maximum Gasteiger partial charge on any atom is 0.208 e. The summed E-state index contributed by atoms with van der Waals surface area (Å²) in [6.45, 7) is 2.56. The summed E-state index contributed by atoms with van der Waals surface area (Å²) in [6.07, 6.45) is 3.19. The van der Waals surface area contributed by atoms with E-state index in [0.717, 1.165) is 5.75 Å². The molecule has 0 bridgehead atoms. The van der Waals surface area contributed by atoms with Gasteiger partial charge in [-0.2, -0.15) is 11.8 Å². The minimum atomic E-state index is -3.00. The first-order chi connectivity index (χ1) is 4.95. The lowest BCUT2D eigenvalue weighted by atomic mass is 10.2. The molecule has 0 saturated heterocycles. The van der Waals surface area contributed by atoms with Gasteiger partial charge >= 0.3 is 0 Å². The number of sulfonamides is 1. The van der Waals surface area contributed by atoms with Crippen molar-refractivity contribution in [3.05, 3.63) is 0 Å². The Labute approximate surface area is 73.0 Å². The maximum atomic E-state index is 10.6. The molecule has 0 aromatic rings. The molecular weight excluding hydrogens is 182 g/mol. The molecule has 0 aromatic heterocycles. The van der Waals surface area contributed by atoms with Gasteiger partial charge in [0, 0.05) is 6.54 Å². The fourth-order valence-corrected chi connectivity index (χ4v) is 1.91. The largest absolute Gasteiger partial charge is 0.215 e. The van der Waals surface area contributed by atoms with Crippen LogP contribution in [0.5, 0.6) is 0 Å². The van der Waals surface area contributed by atoms with Crippen molar-refractivity contribution < 1.29 is 8.42 Å². The SMILES string of the molecule is CSCC(C)CNS(C)(=O)=O. The first-order valence-electron chi connectivity index (χ1n) is 3.39. The summed E-state index contributed by atoms with van der Waals surface area (Å²) in [4.78, 5) is 0. The van der Waals surface area contributed by atoms with E-state index in [1.165, 1.54) is 6.26 Å². The van der Waals surface area contributed by atoms with Gasteiger partial charge in [-0.15, -0.1) is 0 Å². The van der Waals surface area contributed by atoms with Gasteiger partial charge in [0.2, 0.25) is 10.0 Å². The van der Waals surface area contributed by atoms with E-state index in [0.29, 0.717) is 12.5 Å². The lowest BCUT2D eigenvalue weighted by Gasteiger charge is -2.08. The molecule has 0 fully saturated rings. The minimum absolute atomic E-state index is 0.403. The number of rotatable bonds is 5. The molecule has 0 aliphatic carbocycles. The molecule has 0 heterocycles. The highest BCUT2D eigenvalue weighted by molar-refractivity contribution is 7.98. The van der Waals surface area contributed by atoms with E-state index in [4.69, 9.17) is 0 Å². The van der Waals surface area contributed by atoms with Crippen LogP contribution in [0.4, 0.5) is 0 Å². The minimum Gasteiger partial charge on any atom is -0.215 e. The second kappa shape index (κ2) is 5.00. The summed E-state index contributed by atoms with van der Waals surface area (Å²) in [5.41, 5.74) is 0. The first kappa shape index (κ1) is 11.3. The predicted molar refractivity (Wildman–Crippen MR) is 50.4 cm³/mol. The second-order valence-electron chi connectivity index (χ2n) is 2.68. The molecule has 1 unspecified atom stereocenters. The summed E-state index contributed by atoms with van der Waals surface area (Å²) < 4.78 is 23.7. The lowest BCUT2D eigenvalue weighted by Crippen LogP contribution is -2.27. The molecule has 5 heteroatoms. The topological polar surface area (TPSA) is 46.2 Å². The molecule has 0 aliphatic heterocycles. The molecule has 0 rings (SSSR count). The van der Waals surface area contributed by atoms with Crippen LogP contribution in [0.15, 0.2) is 0 Å². The Morgan fingerprint density at radius 1 is 1.55 bits per heavy atom. The predicted octanol–water partition coefficient (Wildman–Crippen LogP) is 0.535. The molecule has 1 N–H and O–H groups in total. The van der Waals surface area contributed by atoms with Gasteiger partial charge < -0.3 is 0 Å². The van der Waals surface area contributed by atoms with Crippen molar-refractivity contribution in [2.75, 3.05) is 24.8 Å². The highest BCUT2D eigenvalue weighted by Gasteiger charge is 2.04. The standard InChI is InChI=1S/C6H15NO2S2/c1-6(5-10-2)4-7-11(3,8)9/h6-7H,4-5H2,1-3H3. The van der Waals surface area contributed by atoms with Crippen molar-refractivity contribution in [3.63, 3.8) is 0 Å². The summed E-state index contributed by atoms with van der Waals surface area (Å²) in [5.74, 6) is 1.39. The Morgan fingerprint density at radius 2 is 2.09 bits per heavy atom. The average molecular weight is 197 g/mol. The van der Waals surface area contributed by atoms with E-state index in [1.807, 2.05) is 13.2 Å². The smallest absolute Gasteiger partial charge is 0.208 e. The fraction of sp³-hybridized carbons (Fsp3) is 1.00. The second-order valence-corrected chi connectivity index (χ2v) is 5.42. The van der Waals surface area contributed by atoms with Gasteiger partial charge in [-0.25, -0.2) is 13.1 Å². The molecule has 11 heavy (non-hydrogen) atoms. The maximum absolute atomic E-state index is 10.6. The highest BCUT2D eigenvalue weighted by atomic mass is 32.2. The van der Waals surface area contributed by atoms with Gasteiger partial charge in [0.15, 0.2) is 0 Å². The Morgan fingerprint density at radius 3 is 2.45 bits per heavy atom. The summed E-state index contributed by atoms with van der Waals surface area (Å²) in [7, 11) is -3.00. The van der Waals surface area contributed by atoms with Crippen molar-refractivity contribution in [1.29, 1.82) is 0 Å². The number of thioether (sulfide) groups is 1. The Hall–Kier alpha value is 0.260. The van der Waals surface area contributed by atoms with Gasteiger partial charge in [0.05, 0.1) is 6.26 Å². The number of nitrogens with one attached hydrogen (secondary N) is 1.